The van der Waals surface area contributed by atoms with Gasteiger partial charge in [-0.15, -0.1) is 0 Å². The van der Waals surface area contributed by atoms with E-state index in [0.717, 1.165) is 25.2 Å². The first kappa shape index (κ1) is 17.4. The Kier molecular flexibility index (Phi) is 7.85. The molecule has 1 aliphatic heterocycles. The van der Waals surface area contributed by atoms with Crippen molar-refractivity contribution in [1.82, 2.24) is 15.2 Å². The smallest absolute Gasteiger partial charge is 0.0475 e. The minimum Gasteiger partial charge on any atom is -0.396 e. The molecule has 22 heavy (non-hydrogen) atoms. The summed E-state index contributed by atoms with van der Waals surface area (Å²) >= 11 is 0. The van der Waals surface area contributed by atoms with Crippen molar-refractivity contribution in [2.75, 3.05) is 32.8 Å². The summed E-state index contributed by atoms with van der Waals surface area (Å²) in [5.41, 5.74) is 1.06. The lowest BCUT2D eigenvalue weighted by atomic mass is 10.0. The van der Waals surface area contributed by atoms with Gasteiger partial charge in [0.15, 0.2) is 0 Å². The Morgan fingerprint density at radius 2 is 2.00 bits per heavy atom. The number of rotatable bonds is 8. The highest BCUT2D eigenvalue weighted by atomic mass is 16.3. The number of nitrogens with one attached hydrogen (secondary N) is 1. The van der Waals surface area contributed by atoms with E-state index < -0.39 is 0 Å². The van der Waals surface area contributed by atoms with Crippen molar-refractivity contribution in [2.24, 2.45) is 5.92 Å². The Morgan fingerprint density at radius 3 is 2.64 bits per heavy atom. The molecule has 124 valence electrons. The van der Waals surface area contributed by atoms with Crippen LogP contribution in [0.2, 0.25) is 0 Å². The van der Waals surface area contributed by atoms with Crippen molar-refractivity contribution in [2.45, 2.75) is 45.1 Å². The van der Waals surface area contributed by atoms with Crippen LogP contribution in [0.4, 0.5) is 0 Å². The summed E-state index contributed by atoms with van der Waals surface area (Å²) in [6, 6.07) is 6.44. The van der Waals surface area contributed by atoms with E-state index in [4.69, 9.17) is 0 Å². The van der Waals surface area contributed by atoms with E-state index in [2.05, 4.69) is 22.1 Å². The van der Waals surface area contributed by atoms with Gasteiger partial charge in [0.2, 0.25) is 0 Å². The van der Waals surface area contributed by atoms with Crippen LogP contribution in [0.25, 0.3) is 0 Å². The highest BCUT2D eigenvalue weighted by Gasteiger charge is 2.14. The molecule has 2 heterocycles. The van der Waals surface area contributed by atoms with Gasteiger partial charge in [-0.25, -0.2) is 0 Å². The predicted molar refractivity (Wildman–Crippen MR) is 90.9 cm³/mol. The number of pyridine rings is 1. The average molecular weight is 305 g/mol. The van der Waals surface area contributed by atoms with Gasteiger partial charge in [-0.05, 0) is 57.3 Å². The van der Waals surface area contributed by atoms with Crippen molar-refractivity contribution < 1.29 is 5.11 Å². The van der Waals surface area contributed by atoms with Crippen LogP contribution >= 0.6 is 0 Å². The number of hydrogen-bond acceptors (Lipinski definition) is 4. The van der Waals surface area contributed by atoms with E-state index in [1.807, 2.05) is 24.4 Å². The molecule has 1 aromatic rings. The lowest BCUT2D eigenvalue weighted by Gasteiger charge is -2.26. The highest BCUT2D eigenvalue weighted by molar-refractivity contribution is 5.04. The zero-order chi connectivity index (χ0) is 15.6. The molecule has 0 aliphatic carbocycles. The Hall–Kier alpha value is -0.970. The third kappa shape index (κ3) is 6.42. The fourth-order valence-electron chi connectivity index (χ4n) is 3.15. The van der Waals surface area contributed by atoms with Crippen molar-refractivity contribution in [1.29, 1.82) is 0 Å². The van der Waals surface area contributed by atoms with Gasteiger partial charge >= 0.3 is 0 Å². The van der Waals surface area contributed by atoms with E-state index in [-0.39, 0.29) is 12.5 Å². The Morgan fingerprint density at radius 1 is 1.23 bits per heavy atom. The molecule has 2 unspecified atom stereocenters. The van der Waals surface area contributed by atoms with Gasteiger partial charge in [0.1, 0.15) is 0 Å². The lowest BCUT2D eigenvalue weighted by molar-refractivity contribution is 0.207. The summed E-state index contributed by atoms with van der Waals surface area (Å²) in [6.45, 7) is 6.90. The molecule has 2 N–H and O–H groups in total. The molecular formula is C18H31N3O. The van der Waals surface area contributed by atoms with Crippen LogP contribution < -0.4 is 5.32 Å². The molecular weight excluding hydrogens is 274 g/mol. The zero-order valence-corrected chi connectivity index (χ0v) is 13.9. The Balaban J connectivity index is 1.70. The predicted octanol–water partition coefficient (Wildman–Crippen LogP) is 2.09. The molecule has 0 spiro atoms. The third-order valence-corrected chi connectivity index (χ3v) is 4.47. The van der Waals surface area contributed by atoms with Crippen LogP contribution in [0.5, 0.6) is 0 Å². The lowest BCUT2D eigenvalue weighted by Crippen LogP contribution is -2.42. The molecule has 0 amide bonds. The quantitative estimate of drug-likeness (QED) is 0.772. The second-order valence-corrected chi connectivity index (χ2v) is 6.60. The second kappa shape index (κ2) is 9.93. The van der Waals surface area contributed by atoms with E-state index in [0.29, 0.717) is 6.04 Å². The first-order valence-corrected chi connectivity index (χ1v) is 8.74. The maximum Gasteiger partial charge on any atom is 0.0475 e. The first-order chi connectivity index (χ1) is 10.8. The van der Waals surface area contributed by atoms with Crippen molar-refractivity contribution >= 4 is 0 Å². The molecule has 0 bridgehead atoms. The van der Waals surface area contributed by atoms with Crippen molar-refractivity contribution in [3.8, 4) is 0 Å². The Labute approximate surface area is 134 Å². The molecule has 2 rings (SSSR count). The summed E-state index contributed by atoms with van der Waals surface area (Å²) in [7, 11) is 0. The van der Waals surface area contributed by atoms with E-state index in [9.17, 15) is 5.11 Å². The molecule has 0 saturated carbocycles. The summed E-state index contributed by atoms with van der Waals surface area (Å²) < 4.78 is 0. The van der Waals surface area contributed by atoms with Crippen LogP contribution in [-0.4, -0.2) is 53.8 Å². The van der Waals surface area contributed by atoms with Crippen LogP contribution in [0.1, 0.15) is 38.3 Å². The topological polar surface area (TPSA) is 48.4 Å². The molecule has 4 nitrogen and oxygen atoms in total. The SMILES string of the molecule is CC(CN1CCCCCC1)NCC(CO)Cc1ccccn1. The monoisotopic (exact) mass is 305 g/mol. The maximum atomic E-state index is 9.58. The van der Waals surface area contributed by atoms with Crippen molar-refractivity contribution in [3.63, 3.8) is 0 Å². The number of aliphatic hydroxyl groups is 1. The number of likely N-dealkylation sites (tertiary alicyclic amines) is 1. The number of aliphatic hydroxyl groups excluding tert-OH is 1. The van der Waals surface area contributed by atoms with Crippen LogP contribution in [0.3, 0.4) is 0 Å². The van der Waals surface area contributed by atoms with Gasteiger partial charge in [0, 0.05) is 37.6 Å². The van der Waals surface area contributed by atoms with Crippen LogP contribution in [-0.2, 0) is 6.42 Å². The van der Waals surface area contributed by atoms with Gasteiger partial charge in [0.05, 0.1) is 0 Å². The normalized spacial score (nSPS) is 19.5. The van der Waals surface area contributed by atoms with Gasteiger partial charge in [-0.1, -0.05) is 18.9 Å². The third-order valence-electron chi connectivity index (χ3n) is 4.47. The molecule has 4 heteroatoms. The minimum atomic E-state index is 0.208. The van der Waals surface area contributed by atoms with Gasteiger partial charge in [0.25, 0.3) is 0 Å². The first-order valence-electron chi connectivity index (χ1n) is 8.74. The number of aromatic nitrogens is 1. The molecule has 2 atom stereocenters. The average Bonchev–Trinajstić information content (AvgIpc) is 2.81. The van der Waals surface area contributed by atoms with Gasteiger partial charge in [-0.3, -0.25) is 4.98 Å². The fourth-order valence-corrected chi connectivity index (χ4v) is 3.15. The molecule has 1 saturated heterocycles. The Bertz CT molecular complexity index is 391. The summed E-state index contributed by atoms with van der Waals surface area (Å²) in [5, 5.41) is 13.2. The van der Waals surface area contributed by atoms with E-state index in [1.54, 1.807) is 0 Å². The summed E-state index contributed by atoms with van der Waals surface area (Å²) in [5.74, 6) is 0.237. The maximum absolute atomic E-state index is 9.58. The summed E-state index contributed by atoms with van der Waals surface area (Å²) in [6.07, 6.45) is 8.10. The molecule has 0 aromatic carbocycles. The van der Waals surface area contributed by atoms with Crippen LogP contribution in [0, 0.1) is 5.92 Å². The number of hydrogen-bond donors (Lipinski definition) is 2. The standard InChI is InChI=1S/C18H31N3O/c1-16(14-21-10-6-2-3-7-11-21)20-13-17(15-22)12-18-8-4-5-9-19-18/h4-5,8-9,16-17,20,22H,2-3,6-7,10-15H2,1H3. The highest BCUT2D eigenvalue weighted by Crippen LogP contribution is 2.10. The fraction of sp³-hybridized carbons (Fsp3) is 0.722. The van der Waals surface area contributed by atoms with Crippen molar-refractivity contribution in [3.05, 3.63) is 30.1 Å². The zero-order valence-electron chi connectivity index (χ0n) is 13.9. The van der Waals surface area contributed by atoms with E-state index >= 15 is 0 Å². The molecule has 1 aliphatic rings. The minimum absolute atomic E-state index is 0.208. The molecule has 0 radical (unpaired) electrons. The summed E-state index contributed by atoms with van der Waals surface area (Å²) in [4.78, 5) is 6.93. The largest absolute Gasteiger partial charge is 0.396 e. The van der Waals surface area contributed by atoms with Gasteiger partial charge < -0.3 is 15.3 Å². The molecule has 1 aromatic heterocycles. The van der Waals surface area contributed by atoms with Crippen LogP contribution in [0.15, 0.2) is 24.4 Å². The molecule has 1 fully saturated rings. The second-order valence-electron chi connectivity index (χ2n) is 6.60. The number of nitrogens with zero attached hydrogens (tertiary/aromatic N) is 2. The van der Waals surface area contributed by atoms with Gasteiger partial charge in [-0.2, -0.15) is 0 Å². The van der Waals surface area contributed by atoms with E-state index in [1.165, 1.54) is 38.8 Å².